The average molecular weight is 369 g/mol. The first-order chi connectivity index (χ1) is 13.1. The lowest BCUT2D eigenvalue weighted by molar-refractivity contribution is 0.151. The van der Waals surface area contributed by atoms with Crippen LogP contribution in [0.25, 0.3) is 22.0 Å². The van der Waals surface area contributed by atoms with E-state index < -0.39 is 6.43 Å². The van der Waals surface area contributed by atoms with Crippen LogP contribution >= 0.6 is 0 Å². The van der Waals surface area contributed by atoms with E-state index in [2.05, 4.69) is 32.4 Å². The van der Waals surface area contributed by atoms with E-state index in [4.69, 9.17) is 0 Å². The Balaban J connectivity index is 1.69. The second kappa shape index (κ2) is 7.52. The lowest BCUT2D eigenvalue weighted by atomic mass is 10.0. The monoisotopic (exact) mass is 369 g/mol. The summed E-state index contributed by atoms with van der Waals surface area (Å²) in [4.78, 5) is 6.54. The molecule has 5 nitrogen and oxygen atoms in total. The van der Waals surface area contributed by atoms with Crippen LogP contribution in [0.4, 0.5) is 14.6 Å². The van der Waals surface area contributed by atoms with Crippen LogP contribution in [0.3, 0.4) is 0 Å². The van der Waals surface area contributed by atoms with Crippen LogP contribution in [-0.2, 0) is 0 Å². The highest BCUT2D eigenvalue weighted by Gasteiger charge is 2.19. The molecule has 0 amide bonds. The molecule has 140 valence electrons. The van der Waals surface area contributed by atoms with Gasteiger partial charge in [-0.15, -0.1) is 10.2 Å². The van der Waals surface area contributed by atoms with Gasteiger partial charge in [0.15, 0.2) is 5.82 Å². The molecule has 0 saturated carbocycles. The van der Waals surface area contributed by atoms with Crippen molar-refractivity contribution in [2.24, 2.45) is 0 Å². The molecular formula is C20H21F2N5. The fraction of sp³-hybridized carbons (Fsp3) is 0.350. The molecule has 0 radical (unpaired) electrons. The predicted octanol–water partition coefficient (Wildman–Crippen LogP) is 4.14. The van der Waals surface area contributed by atoms with Crippen molar-refractivity contribution in [3.8, 4) is 11.3 Å². The van der Waals surface area contributed by atoms with Crippen LogP contribution in [0.15, 0.2) is 42.7 Å². The lowest BCUT2D eigenvalue weighted by Gasteiger charge is -2.30. The third kappa shape index (κ3) is 3.73. The Hall–Kier alpha value is -2.67. The van der Waals surface area contributed by atoms with Gasteiger partial charge in [-0.3, -0.25) is 4.98 Å². The van der Waals surface area contributed by atoms with E-state index in [9.17, 15) is 8.78 Å². The Morgan fingerprint density at radius 3 is 2.67 bits per heavy atom. The number of benzene rings is 1. The number of hydrogen-bond acceptors (Lipinski definition) is 5. The zero-order chi connectivity index (χ0) is 18.8. The largest absolute Gasteiger partial charge is 0.364 e. The van der Waals surface area contributed by atoms with Gasteiger partial charge in [0.1, 0.15) is 5.69 Å². The topological polar surface area (TPSA) is 53.9 Å². The molecule has 0 spiro atoms. The Morgan fingerprint density at radius 2 is 1.93 bits per heavy atom. The molecule has 1 aliphatic heterocycles. The molecule has 1 saturated heterocycles. The van der Waals surface area contributed by atoms with E-state index in [-0.39, 0.29) is 5.56 Å². The molecule has 7 heteroatoms. The molecular weight excluding hydrogens is 348 g/mol. The summed E-state index contributed by atoms with van der Waals surface area (Å²) in [6, 6.07) is 8.39. The number of aromatic nitrogens is 3. The number of fused-ring (bicyclic) bond motifs is 1. The van der Waals surface area contributed by atoms with Gasteiger partial charge in [-0.25, -0.2) is 8.78 Å². The summed E-state index contributed by atoms with van der Waals surface area (Å²) in [5.41, 5.74) is 1.42. The second-order valence-corrected chi connectivity index (χ2v) is 6.99. The molecule has 27 heavy (non-hydrogen) atoms. The number of nitrogens with one attached hydrogen (secondary N) is 1. The maximum absolute atomic E-state index is 12.8. The Labute approximate surface area is 156 Å². The number of rotatable bonds is 4. The zero-order valence-electron chi connectivity index (χ0n) is 15.1. The van der Waals surface area contributed by atoms with Gasteiger partial charge in [0.25, 0.3) is 6.43 Å². The first-order valence-electron chi connectivity index (χ1n) is 9.06. The highest BCUT2D eigenvalue weighted by molar-refractivity contribution is 5.99. The Kier molecular flexibility index (Phi) is 4.94. The van der Waals surface area contributed by atoms with Crippen molar-refractivity contribution in [2.45, 2.75) is 25.3 Å². The van der Waals surface area contributed by atoms with Crippen LogP contribution in [0.5, 0.6) is 0 Å². The van der Waals surface area contributed by atoms with E-state index >= 15 is 0 Å². The van der Waals surface area contributed by atoms with E-state index in [1.807, 2.05) is 6.07 Å². The van der Waals surface area contributed by atoms with Crippen LogP contribution in [-0.4, -0.2) is 46.3 Å². The van der Waals surface area contributed by atoms with Gasteiger partial charge >= 0.3 is 0 Å². The molecule has 1 aromatic carbocycles. The van der Waals surface area contributed by atoms with Crippen LogP contribution in [0, 0.1) is 0 Å². The van der Waals surface area contributed by atoms with Crippen LogP contribution in [0.2, 0.25) is 0 Å². The van der Waals surface area contributed by atoms with Gasteiger partial charge in [0.2, 0.25) is 0 Å². The average Bonchev–Trinajstić information content (AvgIpc) is 2.68. The number of pyridine rings is 1. The number of nitrogens with zero attached hydrogens (tertiary/aromatic N) is 4. The zero-order valence-corrected chi connectivity index (χ0v) is 15.1. The summed E-state index contributed by atoms with van der Waals surface area (Å²) in [5.74, 6) is 0.714. The summed E-state index contributed by atoms with van der Waals surface area (Å²) < 4.78 is 25.6. The highest BCUT2D eigenvalue weighted by atomic mass is 19.3. The highest BCUT2D eigenvalue weighted by Crippen LogP contribution is 2.31. The SMILES string of the molecule is CN1CCC[C@@H](Nc2nnc(-c3ccc(C(F)F)cc3)c3ccncc23)C1. The first kappa shape index (κ1) is 17.7. The summed E-state index contributed by atoms with van der Waals surface area (Å²) >= 11 is 0. The number of likely N-dealkylation sites (N-methyl/N-ethyl adjacent to an activating group) is 1. The molecule has 0 bridgehead atoms. The summed E-state index contributed by atoms with van der Waals surface area (Å²) in [5, 5.41) is 14.1. The van der Waals surface area contributed by atoms with E-state index in [0.29, 0.717) is 17.6 Å². The normalized spacial score (nSPS) is 18.1. The molecule has 0 aliphatic carbocycles. The molecule has 1 atom stereocenters. The smallest absolute Gasteiger partial charge is 0.263 e. The fourth-order valence-electron chi connectivity index (χ4n) is 3.58. The van der Waals surface area contributed by atoms with E-state index in [0.717, 1.165) is 42.3 Å². The van der Waals surface area contributed by atoms with Crippen LogP contribution in [0.1, 0.15) is 24.8 Å². The Morgan fingerprint density at radius 1 is 1.11 bits per heavy atom. The van der Waals surface area contributed by atoms with Gasteiger partial charge in [-0.2, -0.15) is 0 Å². The molecule has 3 aromatic rings. The van der Waals surface area contributed by atoms with Crippen molar-refractivity contribution in [2.75, 3.05) is 25.5 Å². The third-order valence-electron chi connectivity index (χ3n) is 4.98. The molecule has 0 unspecified atom stereocenters. The minimum absolute atomic E-state index is 0.00242. The van der Waals surface area contributed by atoms with Gasteiger partial charge in [-0.1, -0.05) is 24.3 Å². The summed E-state index contributed by atoms with van der Waals surface area (Å²) in [7, 11) is 2.12. The lowest BCUT2D eigenvalue weighted by Crippen LogP contribution is -2.40. The predicted molar refractivity (Wildman–Crippen MR) is 102 cm³/mol. The quantitative estimate of drug-likeness (QED) is 0.749. The van der Waals surface area contributed by atoms with Crippen LogP contribution < -0.4 is 5.32 Å². The van der Waals surface area contributed by atoms with Crippen molar-refractivity contribution in [1.82, 2.24) is 20.1 Å². The van der Waals surface area contributed by atoms with Gasteiger partial charge in [0, 0.05) is 46.9 Å². The van der Waals surface area contributed by atoms with Crippen molar-refractivity contribution >= 4 is 16.6 Å². The molecule has 1 fully saturated rings. The van der Waals surface area contributed by atoms with Gasteiger partial charge < -0.3 is 10.2 Å². The minimum atomic E-state index is -2.48. The third-order valence-corrected chi connectivity index (χ3v) is 4.98. The Bertz CT molecular complexity index is 929. The van der Waals surface area contributed by atoms with Crippen molar-refractivity contribution in [3.63, 3.8) is 0 Å². The number of piperidine rings is 1. The van der Waals surface area contributed by atoms with Gasteiger partial charge in [-0.05, 0) is 32.5 Å². The van der Waals surface area contributed by atoms with Crippen molar-refractivity contribution in [1.29, 1.82) is 0 Å². The molecule has 3 heterocycles. The summed E-state index contributed by atoms with van der Waals surface area (Å²) in [6.45, 7) is 2.07. The molecule has 4 rings (SSSR count). The minimum Gasteiger partial charge on any atom is -0.364 e. The maximum Gasteiger partial charge on any atom is 0.263 e. The summed E-state index contributed by atoms with van der Waals surface area (Å²) in [6.07, 6.45) is 3.23. The van der Waals surface area contributed by atoms with E-state index in [1.54, 1.807) is 24.5 Å². The number of alkyl halides is 2. The van der Waals surface area contributed by atoms with Crippen molar-refractivity contribution in [3.05, 3.63) is 48.3 Å². The second-order valence-electron chi connectivity index (χ2n) is 6.99. The number of anilines is 1. The fourth-order valence-corrected chi connectivity index (χ4v) is 3.58. The van der Waals surface area contributed by atoms with E-state index in [1.165, 1.54) is 12.1 Å². The first-order valence-corrected chi connectivity index (χ1v) is 9.06. The number of likely N-dealkylation sites (tertiary alicyclic amines) is 1. The number of hydrogen-bond donors (Lipinski definition) is 1. The van der Waals surface area contributed by atoms with Gasteiger partial charge in [0.05, 0.1) is 0 Å². The number of halogens is 2. The van der Waals surface area contributed by atoms with Crippen molar-refractivity contribution < 1.29 is 8.78 Å². The molecule has 1 aliphatic rings. The maximum atomic E-state index is 12.8. The molecule has 1 N–H and O–H groups in total. The standard InChI is InChI=1S/C20H21F2N5/c1-27-10-2-3-15(12-27)24-20-17-11-23-9-8-16(17)18(25-26-20)13-4-6-14(7-5-13)19(21)22/h4-9,11,15,19H,2-3,10,12H2,1H3,(H,24,26)/t15-/m1/s1. The molecule has 2 aromatic heterocycles.